The zero-order chi connectivity index (χ0) is 43.0. The van der Waals surface area contributed by atoms with Crippen molar-refractivity contribution in [3.63, 3.8) is 0 Å². The Hall–Kier alpha value is -2.34. The van der Waals surface area contributed by atoms with E-state index in [9.17, 15) is 30.0 Å². The van der Waals surface area contributed by atoms with Crippen LogP contribution < -0.4 is 0 Å². The van der Waals surface area contributed by atoms with Gasteiger partial charge >= 0.3 is 11.9 Å². The molecule has 1 aliphatic rings. The van der Waals surface area contributed by atoms with E-state index in [0.29, 0.717) is 12.8 Å². The van der Waals surface area contributed by atoms with Crippen LogP contribution in [0.15, 0.2) is 48.6 Å². The Morgan fingerprint density at radius 3 is 1.47 bits per heavy atom. The molecule has 4 N–H and O–H groups in total. The van der Waals surface area contributed by atoms with Crippen LogP contribution in [0.2, 0.25) is 0 Å². The van der Waals surface area contributed by atoms with Crippen LogP contribution >= 0.6 is 0 Å². The normalized spacial score (nSPS) is 20.4. The molecule has 10 nitrogen and oxygen atoms in total. The van der Waals surface area contributed by atoms with Crippen LogP contribution in [0.25, 0.3) is 0 Å². The average molecular weight is 835 g/mol. The molecule has 0 aromatic rings. The molecule has 1 fully saturated rings. The molecule has 342 valence electrons. The highest BCUT2D eigenvalue weighted by atomic mass is 16.7. The van der Waals surface area contributed by atoms with E-state index in [1.165, 1.54) is 96.3 Å². The zero-order valence-corrected chi connectivity index (χ0v) is 37.2. The first-order valence-electron chi connectivity index (χ1n) is 23.7. The summed E-state index contributed by atoms with van der Waals surface area (Å²) >= 11 is 0. The third kappa shape index (κ3) is 31.2. The first-order valence-corrected chi connectivity index (χ1v) is 23.7. The number of rotatable bonds is 39. The van der Waals surface area contributed by atoms with Crippen molar-refractivity contribution in [2.24, 2.45) is 0 Å². The minimum Gasteiger partial charge on any atom is -0.462 e. The average Bonchev–Trinajstić information content (AvgIpc) is 3.23. The van der Waals surface area contributed by atoms with E-state index in [0.717, 1.165) is 57.8 Å². The van der Waals surface area contributed by atoms with Crippen molar-refractivity contribution >= 4 is 11.9 Å². The highest BCUT2D eigenvalue weighted by Crippen LogP contribution is 2.22. The number of aliphatic hydroxyl groups is 4. The molecule has 0 spiro atoms. The van der Waals surface area contributed by atoms with Gasteiger partial charge in [-0.15, -0.1) is 0 Å². The van der Waals surface area contributed by atoms with Crippen LogP contribution in [-0.4, -0.2) is 89.0 Å². The van der Waals surface area contributed by atoms with Crippen LogP contribution in [0.4, 0.5) is 0 Å². The molecule has 1 aliphatic heterocycles. The standard InChI is InChI=1S/C49H86O10/c1-3-5-7-9-11-13-15-17-19-20-21-22-24-26-28-30-32-34-36-38-45(52)58-42(41-57-49-48(55)47(54)46(53)43(39-50)59-49)40-56-44(51)37-35-33-31-29-27-25-23-18-16-14-12-10-8-6-4-2/h11,13,17-19,23,27,29,42-43,46-50,53-55H,3-10,12,14-16,20-22,24-26,28,30-41H2,1-2H3/b13-11+,19-17+,23-18+,29-27+/t42-,43-,46+,47?,48?,49-/m1/s1. The quantitative estimate of drug-likeness (QED) is 0.0267. The Bertz CT molecular complexity index is 1100. The van der Waals surface area contributed by atoms with Gasteiger partial charge in [0.15, 0.2) is 12.4 Å². The Kier molecular flexibility index (Phi) is 36.9. The van der Waals surface area contributed by atoms with Gasteiger partial charge in [0, 0.05) is 12.8 Å². The lowest BCUT2D eigenvalue weighted by Crippen LogP contribution is -2.59. The first-order chi connectivity index (χ1) is 28.8. The largest absolute Gasteiger partial charge is 0.462 e. The van der Waals surface area contributed by atoms with E-state index >= 15 is 0 Å². The number of allylic oxidation sites excluding steroid dienone is 8. The number of hydrogen-bond acceptors (Lipinski definition) is 10. The van der Waals surface area contributed by atoms with Crippen LogP contribution in [0.1, 0.15) is 194 Å². The van der Waals surface area contributed by atoms with Crippen LogP contribution in [0.3, 0.4) is 0 Å². The van der Waals surface area contributed by atoms with Crippen molar-refractivity contribution in [2.75, 3.05) is 19.8 Å². The minimum absolute atomic E-state index is 0.217. The SMILES string of the molecule is CCCCC/C=C/C/C=C/CCCCCCCCCCCC(=O)O[C@H](COC(=O)CCCC/C=C/C/C=C/CCCCCCCC)CO[C@@H]1O[C@H](CO)[C@H](O)C(O)C1O. The van der Waals surface area contributed by atoms with Crippen molar-refractivity contribution in [1.29, 1.82) is 0 Å². The van der Waals surface area contributed by atoms with Crippen molar-refractivity contribution in [3.05, 3.63) is 48.6 Å². The van der Waals surface area contributed by atoms with Crippen molar-refractivity contribution in [2.45, 2.75) is 230 Å². The van der Waals surface area contributed by atoms with Gasteiger partial charge in [-0.25, -0.2) is 0 Å². The van der Waals surface area contributed by atoms with Gasteiger partial charge in [-0.3, -0.25) is 9.59 Å². The summed E-state index contributed by atoms with van der Waals surface area (Å²) in [6.07, 6.45) is 39.7. The summed E-state index contributed by atoms with van der Waals surface area (Å²) in [5.41, 5.74) is 0. The third-order valence-corrected chi connectivity index (χ3v) is 10.7. The molecule has 2 unspecified atom stereocenters. The maximum absolute atomic E-state index is 12.8. The molecule has 1 heterocycles. The minimum atomic E-state index is -1.60. The third-order valence-electron chi connectivity index (χ3n) is 10.7. The molecule has 10 heteroatoms. The summed E-state index contributed by atoms with van der Waals surface area (Å²) < 4.78 is 22.2. The van der Waals surface area contributed by atoms with Crippen LogP contribution in [0.5, 0.6) is 0 Å². The van der Waals surface area contributed by atoms with E-state index < -0.39 is 55.4 Å². The van der Waals surface area contributed by atoms with Gasteiger partial charge in [-0.05, 0) is 77.0 Å². The van der Waals surface area contributed by atoms with Gasteiger partial charge in [0.2, 0.25) is 0 Å². The Balaban J connectivity index is 2.33. The summed E-state index contributed by atoms with van der Waals surface area (Å²) in [6.45, 7) is 3.36. The van der Waals surface area contributed by atoms with E-state index in [1.54, 1.807) is 0 Å². The highest BCUT2D eigenvalue weighted by Gasteiger charge is 2.44. The topological polar surface area (TPSA) is 152 Å². The number of aliphatic hydroxyl groups excluding tert-OH is 4. The summed E-state index contributed by atoms with van der Waals surface area (Å²) in [7, 11) is 0. The molecule has 0 bridgehead atoms. The Labute approximate surface area is 358 Å². The second-order valence-corrected chi connectivity index (χ2v) is 16.2. The molecule has 0 aromatic heterocycles. The Morgan fingerprint density at radius 2 is 0.949 bits per heavy atom. The predicted molar refractivity (Wildman–Crippen MR) is 238 cm³/mol. The fraction of sp³-hybridized carbons (Fsp3) is 0.796. The van der Waals surface area contributed by atoms with Crippen molar-refractivity contribution in [3.8, 4) is 0 Å². The number of ether oxygens (including phenoxy) is 4. The molecule has 0 aliphatic carbocycles. The second-order valence-electron chi connectivity index (χ2n) is 16.2. The molecular weight excluding hydrogens is 749 g/mol. The zero-order valence-electron chi connectivity index (χ0n) is 37.2. The number of unbranched alkanes of at least 4 members (excludes halogenated alkanes) is 20. The molecule has 59 heavy (non-hydrogen) atoms. The fourth-order valence-corrected chi connectivity index (χ4v) is 6.89. The molecular formula is C49H86O10. The van der Waals surface area contributed by atoms with Gasteiger partial charge in [0.25, 0.3) is 0 Å². The maximum atomic E-state index is 12.8. The number of carbonyl (C=O) groups excluding carboxylic acids is 2. The molecule has 0 radical (unpaired) electrons. The molecule has 0 aromatic carbocycles. The lowest BCUT2D eigenvalue weighted by Gasteiger charge is -2.39. The number of carbonyl (C=O) groups is 2. The molecule has 0 amide bonds. The number of hydrogen-bond donors (Lipinski definition) is 4. The molecule has 6 atom stereocenters. The van der Waals surface area contributed by atoms with Crippen molar-refractivity contribution in [1.82, 2.24) is 0 Å². The summed E-state index contributed by atoms with van der Waals surface area (Å²) in [5, 5.41) is 40.1. The lowest BCUT2D eigenvalue weighted by atomic mass is 9.99. The maximum Gasteiger partial charge on any atom is 0.306 e. The van der Waals surface area contributed by atoms with Crippen LogP contribution in [0, 0.1) is 0 Å². The molecule has 0 saturated carbocycles. The van der Waals surface area contributed by atoms with Gasteiger partial charge in [0.05, 0.1) is 13.2 Å². The highest BCUT2D eigenvalue weighted by molar-refractivity contribution is 5.70. The van der Waals surface area contributed by atoms with Gasteiger partial charge in [-0.2, -0.15) is 0 Å². The Morgan fingerprint density at radius 1 is 0.525 bits per heavy atom. The molecule has 1 rings (SSSR count). The van der Waals surface area contributed by atoms with Gasteiger partial charge in [0.1, 0.15) is 31.0 Å². The van der Waals surface area contributed by atoms with Crippen molar-refractivity contribution < 1.29 is 49.0 Å². The van der Waals surface area contributed by atoms with E-state index in [1.807, 2.05) is 0 Å². The van der Waals surface area contributed by atoms with E-state index in [2.05, 4.69) is 62.5 Å². The van der Waals surface area contributed by atoms with E-state index in [-0.39, 0.29) is 26.1 Å². The summed E-state index contributed by atoms with van der Waals surface area (Å²) in [6, 6.07) is 0. The van der Waals surface area contributed by atoms with E-state index in [4.69, 9.17) is 18.9 Å². The van der Waals surface area contributed by atoms with Gasteiger partial charge in [-0.1, -0.05) is 152 Å². The summed E-state index contributed by atoms with van der Waals surface area (Å²) in [4.78, 5) is 25.4. The predicted octanol–water partition coefficient (Wildman–Crippen LogP) is 10.4. The first kappa shape index (κ1) is 54.7. The van der Waals surface area contributed by atoms with Gasteiger partial charge < -0.3 is 39.4 Å². The smallest absolute Gasteiger partial charge is 0.306 e. The summed E-state index contributed by atoms with van der Waals surface area (Å²) in [5.74, 6) is -0.849. The fourth-order valence-electron chi connectivity index (χ4n) is 6.89. The van der Waals surface area contributed by atoms with Crippen LogP contribution in [-0.2, 0) is 28.5 Å². The molecule has 1 saturated heterocycles. The number of esters is 2. The lowest BCUT2D eigenvalue weighted by molar-refractivity contribution is -0.305. The monoisotopic (exact) mass is 835 g/mol. The second kappa shape index (κ2) is 39.8.